The molecular weight excluding hydrogens is 312 g/mol. The fourth-order valence-electron chi connectivity index (χ4n) is 2.97. The van der Waals surface area contributed by atoms with Crippen LogP contribution in [0.4, 0.5) is 0 Å². The maximum atomic E-state index is 5.53. The SMILES string of the molecule is CNC(C)Cc1noc(C2CCCN2Cc2ccccc2)n1.Cl. The van der Waals surface area contributed by atoms with Gasteiger partial charge in [0.2, 0.25) is 5.89 Å². The van der Waals surface area contributed by atoms with Crippen LogP contribution in [0.1, 0.15) is 43.1 Å². The van der Waals surface area contributed by atoms with Gasteiger partial charge >= 0.3 is 0 Å². The Morgan fingerprint density at radius 1 is 1.35 bits per heavy atom. The smallest absolute Gasteiger partial charge is 0.244 e. The highest BCUT2D eigenvalue weighted by Gasteiger charge is 2.30. The first-order valence-electron chi connectivity index (χ1n) is 8.04. The predicted molar refractivity (Wildman–Crippen MR) is 92.6 cm³/mol. The van der Waals surface area contributed by atoms with E-state index in [-0.39, 0.29) is 18.4 Å². The Morgan fingerprint density at radius 3 is 2.87 bits per heavy atom. The largest absolute Gasteiger partial charge is 0.338 e. The Bertz CT molecular complexity index is 589. The molecule has 2 atom stereocenters. The van der Waals surface area contributed by atoms with Crippen molar-refractivity contribution in [3.63, 3.8) is 0 Å². The van der Waals surface area contributed by atoms with E-state index in [1.807, 2.05) is 7.05 Å². The Morgan fingerprint density at radius 2 is 2.13 bits per heavy atom. The maximum absolute atomic E-state index is 5.53. The van der Waals surface area contributed by atoms with Crippen LogP contribution in [0.25, 0.3) is 0 Å². The van der Waals surface area contributed by atoms with Gasteiger partial charge in [0.1, 0.15) is 0 Å². The van der Waals surface area contributed by atoms with Crippen LogP contribution in [-0.4, -0.2) is 34.7 Å². The van der Waals surface area contributed by atoms with Crippen LogP contribution in [-0.2, 0) is 13.0 Å². The summed E-state index contributed by atoms with van der Waals surface area (Å²) in [5, 5.41) is 7.34. The summed E-state index contributed by atoms with van der Waals surface area (Å²) in [7, 11) is 1.95. The molecular formula is C17H25ClN4O. The van der Waals surface area contributed by atoms with E-state index >= 15 is 0 Å². The fourth-order valence-corrected chi connectivity index (χ4v) is 2.97. The van der Waals surface area contributed by atoms with E-state index in [0.29, 0.717) is 6.04 Å². The van der Waals surface area contributed by atoms with Gasteiger partial charge in [-0.05, 0) is 38.9 Å². The summed E-state index contributed by atoms with van der Waals surface area (Å²) >= 11 is 0. The number of hydrogen-bond donors (Lipinski definition) is 1. The van der Waals surface area contributed by atoms with Crippen LogP contribution < -0.4 is 5.32 Å². The number of likely N-dealkylation sites (tertiary alicyclic amines) is 1. The Balaban J connectivity index is 0.00000192. The van der Waals surface area contributed by atoms with E-state index < -0.39 is 0 Å². The summed E-state index contributed by atoms with van der Waals surface area (Å²) in [5.74, 6) is 1.56. The molecule has 6 heteroatoms. The van der Waals surface area contributed by atoms with Gasteiger partial charge in [0.25, 0.3) is 0 Å². The molecule has 5 nitrogen and oxygen atoms in total. The van der Waals surface area contributed by atoms with Gasteiger partial charge in [-0.15, -0.1) is 12.4 Å². The molecule has 0 spiro atoms. The molecule has 1 aliphatic rings. The second kappa shape index (κ2) is 8.43. The van der Waals surface area contributed by atoms with Crippen LogP contribution in [0.5, 0.6) is 0 Å². The van der Waals surface area contributed by atoms with E-state index in [1.165, 1.54) is 12.0 Å². The predicted octanol–water partition coefficient (Wildman–Crippen LogP) is 2.98. The van der Waals surface area contributed by atoms with Gasteiger partial charge in [0.15, 0.2) is 5.82 Å². The number of aromatic nitrogens is 2. The molecule has 0 saturated carbocycles. The van der Waals surface area contributed by atoms with Crippen molar-refractivity contribution in [3.8, 4) is 0 Å². The second-order valence-corrected chi connectivity index (χ2v) is 6.06. The minimum Gasteiger partial charge on any atom is -0.338 e. The van der Waals surface area contributed by atoms with Crippen molar-refractivity contribution in [2.45, 2.75) is 44.8 Å². The highest BCUT2D eigenvalue weighted by atomic mass is 35.5. The summed E-state index contributed by atoms with van der Waals surface area (Å²) in [6, 6.07) is 11.2. The van der Waals surface area contributed by atoms with E-state index in [4.69, 9.17) is 4.52 Å². The van der Waals surface area contributed by atoms with Crippen molar-refractivity contribution in [1.82, 2.24) is 20.4 Å². The van der Waals surface area contributed by atoms with Gasteiger partial charge in [-0.1, -0.05) is 35.5 Å². The normalized spacial score (nSPS) is 19.5. The average Bonchev–Trinajstić information content (AvgIpc) is 3.17. The number of halogens is 1. The van der Waals surface area contributed by atoms with Crippen LogP contribution in [0.15, 0.2) is 34.9 Å². The van der Waals surface area contributed by atoms with Gasteiger partial charge in [-0.3, -0.25) is 4.90 Å². The van der Waals surface area contributed by atoms with Gasteiger partial charge in [-0.2, -0.15) is 4.98 Å². The van der Waals surface area contributed by atoms with E-state index in [2.05, 4.69) is 57.6 Å². The minimum absolute atomic E-state index is 0. The molecule has 2 heterocycles. The summed E-state index contributed by atoms with van der Waals surface area (Å²) in [6.07, 6.45) is 3.07. The Kier molecular flexibility index (Phi) is 6.57. The minimum atomic E-state index is 0. The summed E-state index contributed by atoms with van der Waals surface area (Å²) in [4.78, 5) is 7.05. The number of rotatable bonds is 6. The second-order valence-electron chi connectivity index (χ2n) is 6.06. The van der Waals surface area contributed by atoms with Crippen LogP contribution in [0.3, 0.4) is 0 Å². The van der Waals surface area contributed by atoms with Crippen LogP contribution in [0, 0.1) is 0 Å². The lowest BCUT2D eigenvalue weighted by atomic mass is 10.2. The third-order valence-corrected chi connectivity index (χ3v) is 4.34. The van der Waals surface area contributed by atoms with Gasteiger partial charge in [-0.25, -0.2) is 0 Å². The van der Waals surface area contributed by atoms with Crippen molar-refractivity contribution in [3.05, 3.63) is 47.6 Å². The fraction of sp³-hybridized carbons (Fsp3) is 0.529. The molecule has 0 radical (unpaired) electrons. The molecule has 0 amide bonds. The maximum Gasteiger partial charge on any atom is 0.244 e. The molecule has 0 bridgehead atoms. The zero-order chi connectivity index (χ0) is 15.4. The van der Waals surface area contributed by atoms with Gasteiger partial charge in [0, 0.05) is 19.0 Å². The first kappa shape index (κ1) is 17.9. The lowest BCUT2D eigenvalue weighted by molar-refractivity contribution is 0.201. The third-order valence-electron chi connectivity index (χ3n) is 4.34. The number of nitrogens with one attached hydrogen (secondary N) is 1. The summed E-state index contributed by atoms with van der Waals surface area (Å²) in [5.41, 5.74) is 1.33. The Hall–Kier alpha value is -1.43. The van der Waals surface area contributed by atoms with Crippen LogP contribution in [0.2, 0.25) is 0 Å². The molecule has 126 valence electrons. The molecule has 2 aromatic rings. The van der Waals surface area contributed by atoms with Crippen molar-refractivity contribution in [2.24, 2.45) is 0 Å². The third kappa shape index (κ3) is 4.53. The molecule has 2 unspecified atom stereocenters. The zero-order valence-electron chi connectivity index (χ0n) is 13.7. The van der Waals surface area contributed by atoms with E-state index in [9.17, 15) is 0 Å². The van der Waals surface area contributed by atoms with Gasteiger partial charge < -0.3 is 9.84 Å². The zero-order valence-corrected chi connectivity index (χ0v) is 14.6. The molecule has 0 aliphatic carbocycles. The molecule has 1 aliphatic heterocycles. The van der Waals surface area contributed by atoms with Crippen LogP contribution >= 0.6 is 12.4 Å². The molecule has 1 aromatic carbocycles. The summed E-state index contributed by atoms with van der Waals surface area (Å²) < 4.78 is 5.53. The van der Waals surface area contributed by atoms with Gasteiger partial charge in [0.05, 0.1) is 6.04 Å². The number of hydrogen-bond acceptors (Lipinski definition) is 5. The highest BCUT2D eigenvalue weighted by molar-refractivity contribution is 5.85. The quantitative estimate of drug-likeness (QED) is 0.879. The molecule has 3 rings (SSSR count). The lowest BCUT2D eigenvalue weighted by Crippen LogP contribution is -2.24. The average molecular weight is 337 g/mol. The molecule has 1 aromatic heterocycles. The number of nitrogens with zero attached hydrogens (tertiary/aromatic N) is 3. The standard InChI is InChI=1S/C17H24N4O.ClH/c1-13(18-2)11-16-19-17(22-20-16)15-9-6-10-21(15)12-14-7-4-3-5-8-14;/h3-5,7-8,13,15,18H,6,9-12H2,1-2H3;1H. The van der Waals surface area contributed by atoms with Crippen molar-refractivity contribution >= 4 is 12.4 Å². The first-order valence-corrected chi connectivity index (χ1v) is 8.04. The van der Waals surface area contributed by atoms with E-state index in [1.54, 1.807) is 0 Å². The Labute approximate surface area is 143 Å². The molecule has 1 fully saturated rings. The first-order chi connectivity index (χ1) is 10.8. The van der Waals surface area contributed by atoms with Crippen molar-refractivity contribution in [2.75, 3.05) is 13.6 Å². The molecule has 1 N–H and O–H groups in total. The highest BCUT2D eigenvalue weighted by Crippen LogP contribution is 2.32. The summed E-state index contributed by atoms with van der Waals surface area (Å²) in [6.45, 7) is 4.15. The number of likely N-dealkylation sites (N-methyl/N-ethyl adjacent to an activating group) is 1. The van der Waals surface area contributed by atoms with E-state index in [0.717, 1.165) is 37.6 Å². The molecule has 1 saturated heterocycles. The lowest BCUT2D eigenvalue weighted by Gasteiger charge is -2.21. The van der Waals surface area contributed by atoms with Crippen molar-refractivity contribution < 1.29 is 4.52 Å². The monoisotopic (exact) mass is 336 g/mol. The topological polar surface area (TPSA) is 54.2 Å². The van der Waals surface area contributed by atoms with Crippen molar-refractivity contribution in [1.29, 1.82) is 0 Å². The number of benzene rings is 1. The molecule has 23 heavy (non-hydrogen) atoms.